The molecule has 0 fully saturated rings. The van der Waals surface area contributed by atoms with E-state index in [2.05, 4.69) is 140 Å². The molecule has 53 heavy (non-hydrogen) atoms. The molecule has 2 aromatic heterocycles. The quantitative estimate of drug-likeness (QED) is 0.184. The van der Waals surface area contributed by atoms with E-state index in [-0.39, 0.29) is 6.04 Å². The second-order valence-electron chi connectivity index (χ2n) is 12.5. The number of hydrogen-bond donors (Lipinski definition) is 1. The summed E-state index contributed by atoms with van der Waals surface area (Å²) in [5.74, 6) is 0. The van der Waals surface area contributed by atoms with Gasteiger partial charge in [-0.3, -0.25) is 4.99 Å². The molecule has 6 heteroatoms. The molecule has 0 amide bonds. The lowest BCUT2D eigenvalue weighted by atomic mass is 9.94. The number of nitriles is 1. The molecule has 0 aliphatic carbocycles. The van der Waals surface area contributed by atoms with Gasteiger partial charge in [-0.05, 0) is 79.5 Å². The standard InChI is InChI=1S/C31H21NS2.C15H12N2.CH3N/c1-19-14-16-21(17-15-19)32-18-8-7-9-20(2)26-27-22-10-3-5-12-24(22)33-30(27)28-23-11-4-6-13-25(23)34-31(28)29(26)32;1-17-15(13-5-3-2-4-6-13)14-9-7-12(11-16)8-10-14;1-2/h3-18H,2H2,1H3;2-10,15H,1H2;2H,1H2/b9-7-,18-8-;;. The number of hydrogen-bond acceptors (Lipinski definition) is 6. The van der Waals surface area contributed by atoms with E-state index in [0.29, 0.717) is 5.56 Å². The lowest BCUT2D eigenvalue weighted by Gasteiger charge is -2.27. The van der Waals surface area contributed by atoms with Crippen molar-refractivity contribution in [1.29, 1.82) is 10.7 Å². The molecule has 1 aliphatic heterocycles. The summed E-state index contributed by atoms with van der Waals surface area (Å²) in [5.41, 5.74) is 8.72. The number of thiophene rings is 2. The minimum absolute atomic E-state index is 0.0658. The Hall–Kier alpha value is -6.39. The zero-order chi connectivity index (χ0) is 36.9. The van der Waals surface area contributed by atoms with Gasteiger partial charge in [-0.15, -0.1) is 22.7 Å². The van der Waals surface area contributed by atoms with Crippen molar-refractivity contribution in [3.05, 3.63) is 186 Å². The average molecular weight is 721 g/mol. The highest BCUT2D eigenvalue weighted by molar-refractivity contribution is 7.30. The van der Waals surface area contributed by atoms with Crippen LogP contribution in [0.1, 0.15) is 33.9 Å². The van der Waals surface area contributed by atoms with Gasteiger partial charge >= 0.3 is 0 Å². The molecule has 256 valence electrons. The van der Waals surface area contributed by atoms with Crippen LogP contribution in [-0.2, 0) is 0 Å². The van der Waals surface area contributed by atoms with Crippen molar-refractivity contribution in [3.8, 4) is 6.07 Å². The van der Waals surface area contributed by atoms with Crippen LogP contribution in [-0.4, -0.2) is 13.4 Å². The number of rotatable bonds is 4. The van der Waals surface area contributed by atoms with Gasteiger partial charge in [-0.25, -0.2) is 0 Å². The van der Waals surface area contributed by atoms with Crippen LogP contribution >= 0.6 is 22.7 Å². The molecule has 1 aliphatic rings. The fourth-order valence-electron chi connectivity index (χ4n) is 6.85. The Morgan fingerprint density at radius 1 is 0.698 bits per heavy atom. The molecular weight excluding hydrogens is 685 g/mol. The second kappa shape index (κ2) is 15.5. The van der Waals surface area contributed by atoms with Crippen LogP contribution in [0.25, 0.3) is 45.9 Å². The van der Waals surface area contributed by atoms with E-state index in [1.807, 2.05) is 65.1 Å². The molecule has 0 saturated carbocycles. The first kappa shape index (κ1) is 35.0. The normalized spacial score (nSPS) is 13.8. The van der Waals surface area contributed by atoms with Gasteiger partial charge in [0.05, 0.1) is 28.1 Å². The van der Waals surface area contributed by atoms with Crippen molar-refractivity contribution in [3.63, 3.8) is 0 Å². The Morgan fingerprint density at radius 3 is 1.92 bits per heavy atom. The van der Waals surface area contributed by atoms with Crippen molar-refractivity contribution in [2.75, 3.05) is 4.90 Å². The van der Waals surface area contributed by atoms with Crippen LogP contribution in [0.4, 0.5) is 11.4 Å². The monoisotopic (exact) mass is 720 g/mol. The van der Waals surface area contributed by atoms with E-state index in [0.717, 1.165) is 22.4 Å². The van der Waals surface area contributed by atoms with Gasteiger partial charge in [-0.2, -0.15) is 5.26 Å². The molecule has 0 spiro atoms. The highest BCUT2D eigenvalue weighted by Crippen LogP contribution is 2.54. The first-order valence-corrected chi connectivity index (χ1v) is 18.7. The summed E-state index contributed by atoms with van der Waals surface area (Å²) < 4.78 is 5.31. The number of nitrogens with one attached hydrogen (secondary N) is 1. The molecule has 6 aromatic carbocycles. The molecule has 1 unspecified atom stereocenters. The Labute approximate surface area is 317 Å². The van der Waals surface area contributed by atoms with E-state index in [1.165, 1.54) is 57.2 Å². The summed E-state index contributed by atoms with van der Waals surface area (Å²) in [6.45, 7) is 12.8. The fraction of sp³-hybridized carbons (Fsp3) is 0.0426. The third-order valence-corrected chi connectivity index (χ3v) is 11.7. The van der Waals surface area contributed by atoms with Crippen molar-refractivity contribution >= 4 is 93.4 Å². The van der Waals surface area contributed by atoms with Crippen LogP contribution in [0, 0.1) is 23.7 Å². The Morgan fingerprint density at radius 2 is 1.28 bits per heavy atom. The molecule has 4 nitrogen and oxygen atoms in total. The minimum atomic E-state index is -0.0658. The van der Waals surface area contributed by atoms with Crippen molar-refractivity contribution in [1.82, 2.24) is 0 Å². The maximum absolute atomic E-state index is 8.76. The summed E-state index contributed by atoms with van der Waals surface area (Å²) in [4.78, 5) is 6.51. The molecule has 0 bridgehead atoms. The summed E-state index contributed by atoms with van der Waals surface area (Å²) in [6.07, 6.45) is 8.55. The van der Waals surface area contributed by atoms with E-state index in [1.54, 1.807) is 12.1 Å². The van der Waals surface area contributed by atoms with E-state index >= 15 is 0 Å². The smallest absolute Gasteiger partial charge is 0.0992 e. The molecule has 9 rings (SSSR count). The lowest BCUT2D eigenvalue weighted by Crippen LogP contribution is -2.11. The number of nitrogens with zero attached hydrogens (tertiary/aromatic N) is 3. The topological polar surface area (TPSA) is 63.2 Å². The molecule has 0 saturated heterocycles. The Bertz CT molecular complexity index is 2710. The number of allylic oxidation sites excluding steroid dienone is 4. The maximum atomic E-state index is 8.76. The van der Waals surface area contributed by atoms with Crippen LogP contribution in [0.2, 0.25) is 0 Å². The van der Waals surface area contributed by atoms with Gasteiger partial charge < -0.3 is 10.3 Å². The van der Waals surface area contributed by atoms with Gasteiger partial charge in [0.2, 0.25) is 0 Å². The molecule has 8 aromatic rings. The van der Waals surface area contributed by atoms with Crippen molar-refractivity contribution in [2.24, 2.45) is 4.99 Å². The molecule has 0 radical (unpaired) electrons. The number of benzene rings is 6. The Kier molecular flexibility index (Phi) is 10.2. The van der Waals surface area contributed by atoms with E-state index < -0.39 is 0 Å². The number of fused-ring (bicyclic) bond motifs is 10. The van der Waals surface area contributed by atoms with E-state index in [9.17, 15) is 0 Å². The lowest BCUT2D eigenvalue weighted by molar-refractivity contribution is 0.882. The maximum Gasteiger partial charge on any atom is 0.0992 e. The minimum Gasteiger partial charge on any atom is -0.317 e. The fourth-order valence-corrected chi connectivity index (χ4v) is 9.44. The van der Waals surface area contributed by atoms with Crippen molar-refractivity contribution < 1.29 is 0 Å². The first-order chi connectivity index (χ1) is 26.1. The van der Waals surface area contributed by atoms with Crippen LogP contribution in [0.5, 0.6) is 0 Å². The predicted octanol–water partition coefficient (Wildman–Crippen LogP) is 13.6. The van der Waals surface area contributed by atoms with Gasteiger partial charge in [0.1, 0.15) is 0 Å². The van der Waals surface area contributed by atoms with Gasteiger partial charge in [0.25, 0.3) is 0 Å². The number of aliphatic imine (C=N–C) groups is 1. The third-order valence-electron chi connectivity index (χ3n) is 9.29. The molecule has 1 N–H and O–H groups in total. The largest absolute Gasteiger partial charge is 0.317 e. The predicted molar refractivity (Wildman–Crippen MR) is 232 cm³/mol. The summed E-state index contributed by atoms with van der Waals surface area (Å²) in [6, 6.07) is 45.9. The van der Waals surface area contributed by atoms with E-state index in [4.69, 9.17) is 10.7 Å². The average Bonchev–Trinajstić information content (AvgIpc) is 3.78. The summed E-state index contributed by atoms with van der Waals surface area (Å²) in [5, 5.41) is 19.6. The number of aryl methyl sites for hydroxylation is 1. The molecule has 1 atom stereocenters. The highest BCUT2D eigenvalue weighted by Gasteiger charge is 2.26. The second-order valence-corrected chi connectivity index (χ2v) is 14.6. The van der Waals surface area contributed by atoms with Gasteiger partial charge in [0.15, 0.2) is 0 Å². The van der Waals surface area contributed by atoms with Gasteiger partial charge in [-0.1, -0.05) is 115 Å². The SMILES string of the molecule is C=C1/C=C\C=C/N(c2ccc(C)cc2)c2c1c1c3ccccc3sc1c1c2sc2ccccc21.C=N.C=NC(c1ccccc1)c1ccc(C#N)cc1. The van der Waals surface area contributed by atoms with Crippen LogP contribution in [0.15, 0.2) is 163 Å². The third kappa shape index (κ3) is 6.60. The van der Waals surface area contributed by atoms with Crippen molar-refractivity contribution in [2.45, 2.75) is 13.0 Å². The molecular formula is C47H36N4S2. The zero-order valence-electron chi connectivity index (χ0n) is 29.3. The summed E-state index contributed by atoms with van der Waals surface area (Å²) in [7, 11) is 0. The number of anilines is 2. The van der Waals surface area contributed by atoms with Crippen LogP contribution < -0.4 is 4.90 Å². The zero-order valence-corrected chi connectivity index (χ0v) is 30.9. The first-order valence-electron chi connectivity index (χ1n) is 17.1. The van der Waals surface area contributed by atoms with Gasteiger partial charge in [0, 0.05) is 53.1 Å². The Balaban J connectivity index is 0.000000194. The highest BCUT2D eigenvalue weighted by atomic mass is 32.1. The molecule has 3 heterocycles. The van der Waals surface area contributed by atoms with Crippen LogP contribution in [0.3, 0.4) is 0 Å². The summed E-state index contributed by atoms with van der Waals surface area (Å²) >= 11 is 3.79.